The smallest absolute Gasteiger partial charge is 0.127 e. The minimum absolute atomic E-state index is 0.251. The zero-order chi connectivity index (χ0) is 15.0. The first-order valence-electron chi connectivity index (χ1n) is 7.60. The largest absolute Gasteiger partial charge is 0.489 e. The van der Waals surface area contributed by atoms with Crippen LogP contribution in [0.15, 0.2) is 36.4 Å². The monoisotopic (exact) mass is 366 g/mol. The lowest BCUT2D eigenvalue weighted by molar-refractivity contribution is -0.0402. The molecule has 21 heavy (non-hydrogen) atoms. The molecule has 2 aromatic carbocycles. The molecule has 1 aliphatic carbocycles. The van der Waals surface area contributed by atoms with E-state index in [1.54, 1.807) is 0 Å². The number of alkyl halides is 1. The van der Waals surface area contributed by atoms with Crippen LogP contribution < -0.4 is 4.74 Å². The molecule has 1 saturated carbocycles. The average molecular weight is 368 g/mol. The van der Waals surface area contributed by atoms with Crippen molar-refractivity contribution in [2.24, 2.45) is 5.41 Å². The van der Waals surface area contributed by atoms with E-state index in [-0.39, 0.29) is 11.5 Å². The van der Waals surface area contributed by atoms with Crippen LogP contribution in [0.1, 0.15) is 33.1 Å². The lowest BCUT2D eigenvalue weighted by Crippen LogP contribution is -2.56. The van der Waals surface area contributed by atoms with E-state index in [0.717, 1.165) is 40.8 Å². The topological polar surface area (TPSA) is 9.23 Å². The lowest BCUT2D eigenvalue weighted by Gasteiger charge is -2.52. The van der Waals surface area contributed by atoms with Crippen LogP contribution in [0.5, 0.6) is 5.75 Å². The van der Waals surface area contributed by atoms with Gasteiger partial charge >= 0.3 is 0 Å². The van der Waals surface area contributed by atoms with Gasteiger partial charge in [0.2, 0.25) is 0 Å². The van der Waals surface area contributed by atoms with Crippen molar-refractivity contribution < 1.29 is 4.74 Å². The number of ether oxygens (including phenoxy) is 1. The van der Waals surface area contributed by atoms with E-state index in [4.69, 9.17) is 16.3 Å². The Kier molecular flexibility index (Phi) is 4.20. The Labute approximate surface area is 139 Å². The van der Waals surface area contributed by atoms with Gasteiger partial charge in [0.1, 0.15) is 11.9 Å². The van der Waals surface area contributed by atoms with E-state index in [2.05, 4.69) is 35.8 Å². The van der Waals surface area contributed by atoms with Crippen molar-refractivity contribution in [1.29, 1.82) is 0 Å². The van der Waals surface area contributed by atoms with Crippen LogP contribution in [0.2, 0.25) is 5.02 Å². The molecule has 3 heteroatoms. The fourth-order valence-electron chi connectivity index (χ4n) is 3.50. The molecule has 2 atom stereocenters. The van der Waals surface area contributed by atoms with Crippen LogP contribution in [-0.2, 0) is 0 Å². The van der Waals surface area contributed by atoms with E-state index in [0.29, 0.717) is 4.83 Å². The van der Waals surface area contributed by atoms with Gasteiger partial charge in [-0.2, -0.15) is 0 Å². The van der Waals surface area contributed by atoms with Gasteiger partial charge in [-0.25, -0.2) is 0 Å². The third-order valence-corrected chi connectivity index (χ3v) is 6.72. The molecule has 0 heterocycles. The molecule has 0 aromatic heterocycles. The zero-order valence-corrected chi connectivity index (χ0v) is 14.7. The molecule has 112 valence electrons. The third kappa shape index (κ3) is 2.37. The quantitative estimate of drug-likeness (QED) is 0.583. The van der Waals surface area contributed by atoms with Crippen molar-refractivity contribution in [1.82, 2.24) is 0 Å². The molecule has 1 aliphatic rings. The Morgan fingerprint density at radius 3 is 2.43 bits per heavy atom. The van der Waals surface area contributed by atoms with E-state index >= 15 is 0 Å². The van der Waals surface area contributed by atoms with Gasteiger partial charge in [-0.05, 0) is 31.4 Å². The van der Waals surface area contributed by atoms with Crippen LogP contribution in [0.25, 0.3) is 10.8 Å². The average Bonchev–Trinajstić information content (AvgIpc) is 2.51. The maximum Gasteiger partial charge on any atom is 0.127 e. The van der Waals surface area contributed by atoms with Crippen LogP contribution in [-0.4, -0.2) is 10.9 Å². The van der Waals surface area contributed by atoms with Crippen LogP contribution in [0.3, 0.4) is 0 Å². The van der Waals surface area contributed by atoms with Gasteiger partial charge in [0.15, 0.2) is 0 Å². The second-order valence-electron chi connectivity index (χ2n) is 5.84. The van der Waals surface area contributed by atoms with Crippen LogP contribution in [0.4, 0.5) is 0 Å². The summed E-state index contributed by atoms with van der Waals surface area (Å²) in [4.78, 5) is 0.559. The van der Waals surface area contributed by atoms with E-state index in [1.165, 1.54) is 0 Å². The molecule has 0 N–H and O–H groups in total. The predicted molar refractivity (Wildman–Crippen MR) is 93.7 cm³/mol. The van der Waals surface area contributed by atoms with E-state index < -0.39 is 0 Å². The van der Waals surface area contributed by atoms with Gasteiger partial charge in [0.05, 0.1) is 0 Å². The third-order valence-electron chi connectivity index (χ3n) is 5.10. The molecule has 1 nitrogen and oxygen atoms in total. The van der Waals surface area contributed by atoms with Crippen molar-refractivity contribution in [2.45, 2.75) is 44.0 Å². The highest BCUT2D eigenvalue weighted by atomic mass is 79.9. The fourth-order valence-corrected chi connectivity index (χ4v) is 5.01. The van der Waals surface area contributed by atoms with Gasteiger partial charge in [-0.1, -0.05) is 65.6 Å². The molecule has 0 aliphatic heterocycles. The number of hydrogen-bond donors (Lipinski definition) is 0. The molecular weight excluding hydrogens is 348 g/mol. The molecule has 1 fully saturated rings. The summed E-state index contributed by atoms with van der Waals surface area (Å²) in [6.45, 7) is 4.51. The van der Waals surface area contributed by atoms with Crippen LogP contribution >= 0.6 is 27.5 Å². The van der Waals surface area contributed by atoms with Gasteiger partial charge in [-0.15, -0.1) is 0 Å². The number of rotatable bonds is 4. The zero-order valence-electron chi connectivity index (χ0n) is 12.4. The number of benzene rings is 2. The summed E-state index contributed by atoms with van der Waals surface area (Å²) in [5.74, 6) is 0.950. The molecule has 2 aromatic rings. The maximum atomic E-state index is 6.40. The Morgan fingerprint density at radius 2 is 1.81 bits per heavy atom. The van der Waals surface area contributed by atoms with Gasteiger partial charge < -0.3 is 4.74 Å². The van der Waals surface area contributed by atoms with Gasteiger partial charge in [0.25, 0.3) is 0 Å². The molecule has 3 rings (SSSR count). The molecule has 2 unspecified atom stereocenters. The molecular formula is C18H20BrClO. The highest BCUT2D eigenvalue weighted by molar-refractivity contribution is 9.09. The van der Waals surface area contributed by atoms with Crippen molar-refractivity contribution in [3.05, 3.63) is 41.4 Å². The standard InChI is InChI=1S/C18H20BrClO/c1-3-18(4-2)16(19)11-17(18)21-15-10-9-14(20)12-7-5-6-8-13(12)15/h5-10,16-17H,3-4,11H2,1-2H3. The van der Waals surface area contributed by atoms with E-state index in [1.807, 2.05) is 30.3 Å². The van der Waals surface area contributed by atoms with Crippen molar-refractivity contribution >= 4 is 38.3 Å². The van der Waals surface area contributed by atoms with Crippen molar-refractivity contribution in [3.63, 3.8) is 0 Å². The highest BCUT2D eigenvalue weighted by Crippen LogP contribution is 2.53. The summed E-state index contributed by atoms with van der Waals surface area (Å²) in [6, 6.07) is 12.1. The number of fused-ring (bicyclic) bond motifs is 1. The first-order chi connectivity index (χ1) is 10.1. The predicted octanol–water partition coefficient (Wildman–Crippen LogP) is 6.21. The lowest BCUT2D eigenvalue weighted by atomic mass is 9.62. The van der Waals surface area contributed by atoms with Crippen molar-refractivity contribution in [2.75, 3.05) is 0 Å². The van der Waals surface area contributed by atoms with Crippen molar-refractivity contribution in [3.8, 4) is 5.75 Å². The summed E-state index contributed by atoms with van der Waals surface area (Å²) >= 11 is 10.1. The Hall–Kier alpha value is -0.730. The summed E-state index contributed by atoms with van der Waals surface area (Å²) in [5, 5.41) is 2.94. The first-order valence-corrected chi connectivity index (χ1v) is 8.89. The molecule has 0 amide bonds. The minimum atomic E-state index is 0.251. The molecule has 0 bridgehead atoms. The number of hydrogen-bond acceptors (Lipinski definition) is 1. The number of halogens is 2. The molecule has 0 radical (unpaired) electrons. The van der Waals surface area contributed by atoms with Gasteiger partial charge in [0, 0.05) is 26.0 Å². The first kappa shape index (κ1) is 15.2. The minimum Gasteiger partial charge on any atom is -0.489 e. The second kappa shape index (κ2) is 5.81. The maximum absolute atomic E-state index is 6.40. The highest BCUT2D eigenvalue weighted by Gasteiger charge is 2.53. The molecule has 0 spiro atoms. The van der Waals surface area contributed by atoms with Gasteiger partial charge in [-0.3, -0.25) is 0 Å². The summed E-state index contributed by atoms with van der Waals surface area (Å²) < 4.78 is 6.40. The SMILES string of the molecule is CCC1(CC)C(Br)CC1Oc1ccc(Cl)c2ccccc12. The van der Waals surface area contributed by atoms with E-state index in [9.17, 15) is 0 Å². The Bertz CT molecular complexity index is 651. The summed E-state index contributed by atoms with van der Waals surface area (Å²) in [7, 11) is 0. The Morgan fingerprint density at radius 1 is 1.14 bits per heavy atom. The second-order valence-corrected chi connectivity index (χ2v) is 7.35. The Balaban J connectivity index is 1.95. The normalized spacial score (nSPS) is 23.8. The summed E-state index contributed by atoms with van der Waals surface area (Å²) in [6.07, 6.45) is 3.62. The van der Waals surface area contributed by atoms with Crippen LogP contribution in [0, 0.1) is 5.41 Å². The fraction of sp³-hybridized carbons (Fsp3) is 0.444. The molecule has 0 saturated heterocycles. The summed E-state index contributed by atoms with van der Waals surface area (Å²) in [5.41, 5.74) is 0.251.